The molecule has 2 heterocycles. The molecule has 3 aromatic rings. The maximum Gasteiger partial charge on any atom is 0.271 e. The van der Waals surface area contributed by atoms with Crippen molar-refractivity contribution in [1.82, 2.24) is 14.5 Å². The fraction of sp³-hybridized carbons (Fsp3) is 0.235. The number of nitrogens with zero attached hydrogens (tertiary/aromatic N) is 3. The Labute approximate surface area is 147 Å². The van der Waals surface area contributed by atoms with Crippen LogP contribution in [0.4, 0.5) is 0 Å². The average Bonchev–Trinajstić information content (AvgIpc) is 3.05. The van der Waals surface area contributed by atoms with Crippen LogP contribution in [0.3, 0.4) is 0 Å². The summed E-state index contributed by atoms with van der Waals surface area (Å²) in [6.07, 6.45) is 0. The number of thioether (sulfide) groups is 1. The van der Waals surface area contributed by atoms with E-state index in [4.69, 9.17) is 0 Å². The van der Waals surface area contributed by atoms with Crippen molar-refractivity contribution in [1.29, 1.82) is 0 Å². The molecule has 7 heteroatoms. The number of fused-ring (bicyclic) bond motifs is 1. The summed E-state index contributed by atoms with van der Waals surface area (Å²) >= 11 is 2.90. The molecule has 0 aliphatic rings. The van der Waals surface area contributed by atoms with Crippen LogP contribution >= 0.6 is 23.1 Å². The first kappa shape index (κ1) is 16.7. The zero-order valence-corrected chi connectivity index (χ0v) is 15.3. The van der Waals surface area contributed by atoms with Crippen LogP contribution in [0.15, 0.2) is 45.7 Å². The Balaban J connectivity index is 1.84. The van der Waals surface area contributed by atoms with Crippen LogP contribution in [0.1, 0.15) is 15.9 Å². The number of carbonyl (C=O) groups is 1. The van der Waals surface area contributed by atoms with Gasteiger partial charge in [-0.15, -0.1) is 11.3 Å². The summed E-state index contributed by atoms with van der Waals surface area (Å²) in [5, 5.41) is 2.55. The number of aromatic nitrogens is 2. The molecule has 2 aromatic heterocycles. The molecule has 0 unspecified atom stereocenters. The summed E-state index contributed by atoms with van der Waals surface area (Å²) in [6, 6.07) is 9.40. The van der Waals surface area contributed by atoms with Crippen LogP contribution in [0.5, 0.6) is 0 Å². The average molecular weight is 359 g/mol. The van der Waals surface area contributed by atoms with Gasteiger partial charge in [-0.25, -0.2) is 4.98 Å². The van der Waals surface area contributed by atoms with E-state index in [2.05, 4.69) is 4.98 Å². The van der Waals surface area contributed by atoms with Crippen LogP contribution in [0.25, 0.3) is 10.2 Å². The molecule has 0 saturated heterocycles. The van der Waals surface area contributed by atoms with Crippen molar-refractivity contribution in [2.45, 2.75) is 10.9 Å². The van der Waals surface area contributed by atoms with Gasteiger partial charge in [0.1, 0.15) is 4.70 Å². The summed E-state index contributed by atoms with van der Waals surface area (Å²) in [5.74, 6) is 0.622. The van der Waals surface area contributed by atoms with Crippen molar-refractivity contribution >= 4 is 39.2 Å². The molecule has 1 aromatic carbocycles. The lowest BCUT2D eigenvalue weighted by Gasteiger charge is -2.11. The van der Waals surface area contributed by atoms with Gasteiger partial charge in [-0.2, -0.15) is 0 Å². The van der Waals surface area contributed by atoms with Crippen molar-refractivity contribution in [3.63, 3.8) is 0 Å². The van der Waals surface area contributed by atoms with E-state index in [1.54, 1.807) is 30.6 Å². The number of rotatable bonds is 4. The van der Waals surface area contributed by atoms with Gasteiger partial charge in [0.15, 0.2) is 5.16 Å². The number of carbonyl (C=O) groups excluding carboxylic acids is 1. The zero-order chi connectivity index (χ0) is 17.3. The molecule has 5 nitrogen and oxygen atoms in total. The predicted molar refractivity (Wildman–Crippen MR) is 98.9 cm³/mol. The standard InChI is InChI=1S/C17H17N3O2S2/c1-19(2)15(21)12-6-4-5-11(9-12)10-24-17-18-13-7-8-23-14(13)16(22)20(17)3/h4-9H,10H2,1-3H3. The Kier molecular flexibility index (Phi) is 4.73. The summed E-state index contributed by atoms with van der Waals surface area (Å²) in [7, 11) is 5.21. The predicted octanol–water partition coefficient (Wildman–Crippen LogP) is 2.99. The minimum atomic E-state index is -0.0212. The smallest absolute Gasteiger partial charge is 0.271 e. The van der Waals surface area contributed by atoms with E-state index in [0.29, 0.717) is 21.2 Å². The van der Waals surface area contributed by atoms with Gasteiger partial charge in [0.05, 0.1) is 5.52 Å². The second kappa shape index (κ2) is 6.78. The molecule has 0 fully saturated rings. The number of hydrogen-bond donors (Lipinski definition) is 0. The highest BCUT2D eigenvalue weighted by molar-refractivity contribution is 7.98. The zero-order valence-electron chi connectivity index (χ0n) is 13.6. The van der Waals surface area contributed by atoms with Crippen molar-refractivity contribution in [3.05, 3.63) is 57.2 Å². The highest BCUT2D eigenvalue weighted by atomic mass is 32.2. The third-order valence-corrected chi connectivity index (χ3v) is 5.59. The Bertz CT molecular complexity index is 960. The van der Waals surface area contributed by atoms with Crippen molar-refractivity contribution in [2.75, 3.05) is 14.1 Å². The lowest BCUT2D eigenvalue weighted by Crippen LogP contribution is -2.21. The van der Waals surface area contributed by atoms with Crippen LogP contribution < -0.4 is 5.56 Å². The molecule has 0 atom stereocenters. The summed E-state index contributed by atoms with van der Waals surface area (Å²) in [6.45, 7) is 0. The molecule has 24 heavy (non-hydrogen) atoms. The molecule has 0 aliphatic carbocycles. The minimum absolute atomic E-state index is 0.0194. The van der Waals surface area contributed by atoms with Crippen LogP contribution in [0, 0.1) is 0 Å². The van der Waals surface area contributed by atoms with Crippen molar-refractivity contribution < 1.29 is 4.79 Å². The topological polar surface area (TPSA) is 55.2 Å². The van der Waals surface area contributed by atoms with Crippen LogP contribution in [-0.4, -0.2) is 34.5 Å². The first-order valence-corrected chi connectivity index (χ1v) is 9.21. The minimum Gasteiger partial charge on any atom is -0.345 e. The normalized spacial score (nSPS) is 11.0. The van der Waals surface area contributed by atoms with Crippen LogP contribution in [0.2, 0.25) is 0 Å². The summed E-state index contributed by atoms with van der Waals surface area (Å²) in [5.41, 5.74) is 2.40. The number of amides is 1. The number of hydrogen-bond acceptors (Lipinski definition) is 5. The first-order valence-electron chi connectivity index (χ1n) is 7.35. The summed E-state index contributed by atoms with van der Waals surface area (Å²) in [4.78, 5) is 30.5. The molecule has 0 saturated carbocycles. The quantitative estimate of drug-likeness (QED) is 0.531. The molecule has 0 radical (unpaired) electrons. The molecular formula is C17H17N3O2S2. The second-order valence-electron chi connectivity index (χ2n) is 5.58. The van der Waals surface area contributed by atoms with E-state index in [-0.39, 0.29) is 11.5 Å². The third kappa shape index (κ3) is 3.22. The molecule has 0 N–H and O–H groups in total. The summed E-state index contributed by atoms with van der Waals surface area (Å²) < 4.78 is 2.26. The molecular weight excluding hydrogens is 342 g/mol. The molecule has 0 aliphatic heterocycles. The van der Waals surface area contributed by atoms with Crippen molar-refractivity contribution in [2.24, 2.45) is 7.05 Å². The van der Waals surface area contributed by atoms with E-state index < -0.39 is 0 Å². The maximum absolute atomic E-state index is 12.3. The monoisotopic (exact) mass is 359 g/mol. The third-order valence-electron chi connectivity index (χ3n) is 3.59. The Morgan fingerprint density at radius 1 is 1.33 bits per heavy atom. The fourth-order valence-electron chi connectivity index (χ4n) is 2.30. The van der Waals surface area contributed by atoms with Crippen molar-refractivity contribution in [3.8, 4) is 0 Å². The molecule has 0 spiro atoms. The molecule has 1 amide bonds. The molecule has 0 bridgehead atoms. The highest BCUT2D eigenvalue weighted by Gasteiger charge is 2.11. The largest absolute Gasteiger partial charge is 0.345 e. The van der Waals surface area contributed by atoms with E-state index in [1.165, 1.54) is 23.1 Å². The van der Waals surface area contributed by atoms with E-state index in [9.17, 15) is 9.59 Å². The second-order valence-corrected chi connectivity index (χ2v) is 7.44. The Morgan fingerprint density at radius 3 is 2.88 bits per heavy atom. The number of benzene rings is 1. The van der Waals surface area contributed by atoms with Gasteiger partial charge >= 0.3 is 0 Å². The van der Waals surface area contributed by atoms with Gasteiger partial charge in [-0.1, -0.05) is 23.9 Å². The molecule has 124 valence electrons. The Hall–Kier alpha value is -2.12. The van der Waals surface area contributed by atoms with E-state index >= 15 is 0 Å². The lowest BCUT2D eigenvalue weighted by atomic mass is 10.1. The van der Waals surface area contributed by atoms with Gasteiger partial charge in [0.25, 0.3) is 11.5 Å². The Morgan fingerprint density at radius 2 is 2.12 bits per heavy atom. The molecule has 3 rings (SSSR count). The van der Waals surface area contributed by atoms with Gasteiger partial charge in [0.2, 0.25) is 0 Å². The van der Waals surface area contributed by atoms with Gasteiger partial charge < -0.3 is 4.90 Å². The highest BCUT2D eigenvalue weighted by Crippen LogP contribution is 2.23. The van der Waals surface area contributed by atoms with E-state index in [1.807, 2.05) is 35.7 Å². The first-order chi connectivity index (χ1) is 11.5. The number of thiophene rings is 1. The fourth-order valence-corrected chi connectivity index (χ4v) is 4.02. The van der Waals surface area contributed by atoms with Crippen LogP contribution in [-0.2, 0) is 12.8 Å². The van der Waals surface area contributed by atoms with Gasteiger partial charge in [-0.05, 0) is 29.1 Å². The van der Waals surface area contributed by atoms with Gasteiger partial charge in [0, 0.05) is 32.5 Å². The van der Waals surface area contributed by atoms with E-state index in [0.717, 1.165) is 11.1 Å². The lowest BCUT2D eigenvalue weighted by molar-refractivity contribution is 0.0827. The van der Waals surface area contributed by atoms with Gasteiger partial charge in [-0.3, -0.25) is 14.2 Å². The maximum atomic E-state index is 12.3. The SMILES string of the molecule is CN(C)C(=O)c1cccc(CSc2nc3ccsc3c(=O)n2C)c1.